The lowest BCUT2D eigenvalue weighted by atomic mass is 9.86. The average Bonchev–Trinajstić information content (AvgIpc) is 3.12. The van der Waals surface area contributed by atoms with Gasteiger partial charge in [-0.25, -0.2) is 4.39 Å². The molecule has 2 aromatic rings. The van der Waals surface area contributed by atoms with Crippen LogP contribution >= 0.6 is 31.9 Å². The summed E-state index contributed by atoms with van der Waals surface area (Å²) < 4.78 is 51.7. The van der Waals surface area contributed by atoms with Gasteiger partial charge in [0.2, 0.25) is 4.62 Å². The van der Waals surface area contributed by atoms with Crippen LogP contribution in [0.15, 0.2) is 52.8 Å². The van der Waals surface area contributed by atoms with Crippen molar-refractivity contribution >= 4 is 49.0 Å². The molecular weight excluding hydrogens is 464 g/mol. The molecule has 128 valence electrons. The summed E-state index contributed by atoms with van der Waals surface area (Å²) in [5.41, 5.74) is 1.58. The molecule has 0 saturated heterocycles. The second kappa shape index (κ2) is 5.64. The van der Waals surface area contributed by atoms with E-state index in [1.807, 2.05) is 0 Å². The minimum atomic E-state index is -4.09. The Hall–Kier alpha value is -1.74. The van der Waals surface area contributed by atoms with Crippen molar-refractivity contribution in [3.8, 4) is 5.75 Å². The summed E-state index contributed by atoms with van der Waals surface area (Å²) in [6.07, 6.45) is 3.15. The number of methoxy groups -OCH3 is 1. The van der Waals surface area contributed by atoms with E-state index in [2.05, 4.69) is 31.9 Å². The SMILES string of the molecule is COc1cc(F)cc(C2=C3C=CC(Br)=[N+]3[B-](F)(F)n3c(Br)ccc32)c1. The molecule has 0 spiro atoms. The van der Waals surface area contributed by atoms with Gasteiger partial charge in [0.1, 0.15) is 11.6 Å². The molecule has 2 aliphatic heterocycles. The fraction of sp³-hybridized carbons (Fsp3) is 0.0625. The Labute approximate surface area is 158 Å². The molecule has 3 nitrogen and oxygen atoms in total. The molecule has 1 aromatic carbocycles. The van der Waals surface area contributed by atoms with E-state index in [9.17, 15) is 4.39 Å². The van der Waals surface area contributed by atoms with Crippen LogP contribution in [0.5, 0.6) is 5.75 Å². The van der Waals surface area contributed by atoms with E-state index >= 15 is 8.63 Å². The van der Waals surface area contributed by atoms with Crippen LogP contribution in [-0.2, 0) is 0 Å². The molecule has 25 heavy (non-hydrogen) atoms. The number of ether oxygens (including phenoxy) is 1. The normalized spacial score (nSPS) is 17.8. The van der Waals surface area contributed by atoms with Crippen molar-refractivity contribution in [2.75, 3.05) is 7.11 Å². The Morgan fingerprint density at radius 1 is 1.12 bits per heavy atom. The highest BCUT2D eigenvalue weighted by Crippen LogP contribution is 2.42. The minimum Gasteiger partial charge on any atom is -0.497 e. The molecule has 4 rings (SSSR count). The highest BCUT2D eigenvalue weighted by Gasteiger charge is 2.54. The van der Waals surface area contributed by atoms with Crippen LogP contribution in [0, 0.1) is 5.82 Å². The number of rotatable bonds is 2. The second-order valence-electron chi connectivity index (χ2n) is 5.67. The van der Waals surface area contributed by atoms with E-state index in [1.54, 1.807) is 30.4 Å². The maximum atomic E-state index is 15.1. The van der Waals surface area contributed by atoms with Gasteiger partial charge in [-0.2, -0.15) is 0 Å². The van der Waals surface area contributed by atoms with Gasteiger partial charge in [-0.15, -0.1) is 0 Å². The average molecular weight is 474 g/mol. The summed E-state index contributed by atoms with van der Waals surface area (Å²) in [6.45, 7) is -4.09. The zero-order valence-electron chi connectivity index (χ0n) is 12.8. The molecule has 9 heteroatoms. The van der Waals surface area contributed by atoms with Gasteiger partial charge in [0.15, 0.2) is 5.70 Å². The van der Waals surface area contributed by atoms with Crippen LogP contribution in [-0.4, -0.2) is 27.7 Å². The fourth-order valence-corrected chi connectivity index (χ4v) is 4.39. The van der Waals surface area contributed by atoms with Gasteiger partial charge in [0, 0.05) is 39.8 Å². The second-order valence-corrected chi connectivity index (χ2v) is 7.29. The highest BCUT2D eigenvalue weighted by molar-refractivity contribution is 9.18. The largest absolute Gasteiger partial charge is 0.738 e. The topological polar surface area (TPSA) is 17.2 Å². The molecule has 0 N–H and O–H groups in total. The highest BCUT2D eigenvalue weighted by atomic mass is 79.9. The van der Waals surface area contributed by atoms with Crippen LogP contribution in [0.3, 0.4) is 0 Å². The van der Waals surface area contributed by atoms with Crippen molar-refractivity contribution < 1.29 is 22.2 Å². The molecule has 0 saturated carbocycles. The quantitative estimate of drug-likeness (QED) is 0.574. The Morgan fingerprint density at radius 3 is 2.60 bits per heavy atom. The van der Waals surface area contributed by atoms with E-state index < -0.39 is 12.8 Å². The van der Waals surface area contributed by atoms with E-state index in [1.165, 1.54) is 19.2 Å². The summed E-state index contributed by atoms with van der Waals surface area (Å²) in [5, 5.41) is 0. The van der Waals surface area contributed by atoms with Crippen LogP contribution in [0.1, 0.15) is 11.3 Å². The first-order valence-corrected chi connectivity index (χ1v) is 8.92. The first-order valence-electron chi connectivity index (χ1n) is 7.33. The van der Waals surface area contributed by atoms with Gasteiger partial charge < -0.3 is 22.3 Å². The summed E-state index contributed by atoms with van der Waals surface area (Å²) in [6, 6.07) is 7.34. The predicted octanol–water partition coefficient (Wildman–Crippen LogP) is 4.77. The van der Waals surface area contributed by atoms with Crippen LogP contribution in [0.4, 0.5) is 13.0 Å². The number of halogens is 5. The van der Waals surface area contributed by atoms with Crippen LogP contribution < -0.4 is 4.74 Å². The van der Waals surface area contributed by atoms with E-state index in [4.69, 9.17) is 4.74 Å². The monoisotopic (exact) mass is 472 g/mol. The van der Waals surface area contributed by atoms with Crippen molar-refractivity contribution in [2.45, 2.75) is 0 Å². The lowest BCUT2D eigenvalue weighted by molar-refractivity contribution is -0.358. The smallest absolute Gasteiger partial charge is 0.497 e. The number of allylic oxidation sites excluding steroid dienone is 2. The third kappa shape index (κ3) is 2.36. The first-order chi connectivity index (χ1) is 11.8. The first kappa shape index (κ1) is 16.7. The number of hydrogen-bond donors (Lipinski definition) is 0. The number of nitrogens with zero attached hydrogens (tertiary/aromatic N) is 2. The Morgan fingerprint density at radius 2 is 1.88 bits per heavy atom. The van der Waals surface area contributed by atoms with Crippen LogP contribution in [0.25, 0.3) is 5.57 Å². The maximum absolute atomic E-state index is 15.1. The molecule has 0 radical (unpaired) electrons. The summed E-state index contributed by atoms with van der Waals surface area (Å²) in [7, 11) is 1.43. The predicted molar refractivity (Wildman–Crippen MR) is 97.8 cm³/mol. The lowest BCUT2D eigenvalue weighted by Gasteiger charge is -2.32. The van der Waals surface area contributed by atoms with Gasteiger partial charge in [-0.05, 0) is 45.8 Å². The summed E-state index contributed by atoms with van der Waals surface area (Å²) in [4.78, 5) is 0. The van der Waals surface area contributed by atoms with Gasteiger partial charge >= 0.3 is 6.97 Å². The Kier molecular flexibility index (Phi) is 3.77. The van der Waals surface area contributed by atoms with Crippen LogP contribution in [0.2, 0.25) is 0 Å². The molecule has 2 aliphatic rings. The number of fused-ring (bicyclic) bond motifs is 2. The number of benzene rings is 1. The number of hydrogen-bond acceptors (Lipinski definition) is 1. The third-order valence-corrected chi connectivity index (χ3v) is 5.56. The van der Waals surface area contributed by atoms with E-state index in [0.717, 1.165) is 8.96 Å². The molecule has 0 bridgehead atoms. The van der Waals surface area contributed by atoms with E-state index in [-0.39, 0.29) is 9.22 Å². The Bertz CT molecular complexity index is 1010. The van der Waals surface area contributed by atoms with Crippen molar-refractivity contribution in [3.63, 3.8) is 0 Å². The molecule has 0 unspecified atom stereocenters. The van der Waals surface area contributed by atoms with Crippen molar-refractivity contribution in [3.05, 3.63) is 69.9 Å². The van der Waals surface area contributed by atoms with Gasteiger partial charge in [-0.3, -0.25) is 0 Å². The molecular formula is C16H10BBr2F3N2O. The third-order valence-electron chi connectivity index (χ3n) is 4.27. The molecule has 3 heterocycles. The molecule has 1 aromatic heterocycles. The lowest BCUT2D eigenvalue weighted by Crippen LogP contribution is -2.50. The van der Waals surface area contributed by atoms with Crippen molar-refractivity contribution in [1.29, 1.82) is 0 Å². The summed E-state index contributed by atoms with van der Waals surface area (Å²) >= 11 is 6.39. The maximum Gasteiger partial charge on any atom is 0.738 e. The molecule has 0 fully saturated rings. The zero-order chi connectivity index (χ0) is 17.9. The molecule has 0 atom stereocenters. The minimum absolute atomic E-state index is 0.250. The molecule has 0 amide bonds. The standard InChI is InChI=1S/C16H10BBr2F3N2O/c1-25-11-7-9(6-10(20)8-11)16-12-2-4-14(18)23(12)17(21,22)24-13(16)3-5-15(24)19/h2-8H,1H3. The zero-order valence-corrected chi connectivity index (χ0v) is 16.0. The van der Waals surface area contributed by atoms with Gasteiger partial charge in [-0.1, -0.05) is 0 Å². The van der Waals surface area contributed by atoms with E-state index in [0.29, 0.717) is 28.3 Å². The van der Waals surface area contributed by atoms with Crippen molar-refractivity contribution in [2.24, 2.45) is 0 Å². The number of aromatic nitrogens is 1. The van der Waals surface area contributed by atoms with Crippen molar-refractivity contribution in [1.82, 2.24) is 4.48 Å². The summed E-state index contributed by atoms with van der Waals surface area (Å²) in [5.74, 6) is -0.182. The van der Waals surface area contributed by atoms with Gasteiger partial charge in [0.05, 0.1) is 17.3 Å². The Balaban J connectivity index is 2.09. The molecule has 0 aliphatic carbocycles. The fourth-order valence-electron chi connectivity index (χ4n) is 3.25. The van der Waals surface area contributed by atoms with Gasteiger partial charge in [0.25, 0.3) is 0 Å².